The maximum absolute atomic E-state index is 12.1. The number of hydrogen-bond donors (Lipinski definition) is 1. The van der Waals surface area contributed by atoms with Gasteiger partial charge in [0.15, 0.2) is 5.82 Å². The quantitative estimate of drug-likeness (QED) is 0.899. The lowest BCUT2D eigenvalue weighted by molar-refractivity contribution is 0.102. The first-order valence-corrected chi connectivity index (χ1v) is 6.47. The molecule has 1 aliphatic heterocycles. The molecule has 0 unspecified atom stereocenters. The van der Waals surface area contributed by atoms with Crippen LogP contribution in [0.4, 0.5) is 11.6 Å². The molecule has 1 fully saturated rings. The first-order chi connectivity index (χ1) is 9.83. The van der Waals surface area contributed by atoms with Crippen LogP contribution in [0.15, 0.2) is 31.0 Å². The number of hydrogen-bond acceptors (Lipinski definition) is 6. The van der Waals surface area contributed by atoms with E-state index < -0.39 is 0 Å². The summed E-state index contributed by atoms with van der Waals surface area (Å²) >= 11 is 0. The van der Waals surface area contributed by atoms with Gasteiger partial charge in [0.25, 0.3) is 5.91 Å². The number of anilines is 2. The fraction of sp³-hybridized carbons (Fsp3) is 0.308. The predicted molar refractivity (Wildman–Crippen MR) is 73.5 cm³/mol. The molecule has 0 bridgehead atoms. The SMILES string of the molecule is O=C(Nc1cnccn1)c1cc(N2CCCC2)ncn1. The summed E-state index contributed by atoms with van der Waals surface area (Å²) in [6.45, 7) is 1.95. The number of nitrogens with zero attached hydrogens (tertiary/aromatic N) is 5. The molecule has 7 heteroatoms. The van der Waals surface area contributed by atoms with Gasteiger partial charge in [-0.1, -0.05) is 0 Å². The summed E-state index contributed by atoms with van der Waals surface area (Å²) in [6.07, 6.45) is 8.28. The Hall–Kier alpha value is -2.57. The molecule has 3 rings (SSSR count). The Morgan fingerprint density at radius 1 is 1.15 bits per heavy atom. The van der Waals surface area contributed by atoms with E-state index in [1.807, 2.05) is 0 Å². The molecule has 2 aromatic heterocycles. The van der Waals surface area contributed by atoms with Crippen molar-refractivity contribution in [2.45, 2.75) is 12.8 Å². The fourth-order valence-corrected chi connectivity index (χ4v) is 2.13. The Balaban J connectivity index is 1.76. The highest BCUT2D eigenvalue weighted by atomic mass is 16.1. The molecule has 20 heavy (non-hydrogen) atoms. The van der Waals surface area contributed by atoms with Crippen LogP contribution in [0, 0.1) is 0 Å². The number of rotatable bonds is 3. The summed E-state index contributed by atoms with van der Waals surface area (Å²) in [5.41, 5.74) is 0.326. The summed E-state index contributed by atoms with van der Waals surface area (Å²) < 4.78 is 0. The van der Waals surface area contributed by atoms with Crippen molar-refractivity contribution in [1.82, 2.24) is 19.9 Å². The van der Waals surface area contributed by atoms with E-state index in [2.05, 4.69) is 30.2 Å². The zero-order valence-corrected chi connectivity index (χ0v) is 10.9. The normalized spacial score (nSPS) is 14.3. The average molecular weight is 270 g/mol. The first-order valence-electron chi connectivity index (χ1n) is 6.47. The van der Waals surface area contributed by atoms with Crippen molar-refractivity contribution in [3.63, 3.8) is 0 Å². The molecular formula is C13H14N6O. The minimum atomic E-state index is -0.312. The molecule has 1 saturated heterocycles. The third kappa shape index (κ3) is 2.71. The average Bonchev–Trinajstić information content (AvgIpc) is 3.03. The van der Waals surface area contributed by atoms with Gasteiger partial charge in [0.1, 0.15) is 17.8 Å². The topological polar surface area (TPSA) is 83.9 Å². The van der Waals surface area contributed by atoms with Gasteiger partial charge < -0.3 is 10.2 Å². The summed E-state index contributed by atoms with van der Waals surface area (Å²) in [7, 11) is 0. The monoisotopic (exact) mass is 270 g/mol. The highest BCUT2D eigenvalue weighted by molar-refractivity contribution is 6.02. The number of carbonyl (C=O) groups is 1. The molecule has 7 nitrogen and oxygen atoms in total. The maximum atomic E-state index is 12.1. The van der Waals surface area contributed by atoms with Crippen molar-refractivity contribution in [2.75, 3.05) is 23.3 Å². The predicted octanol–water partition coefficient (Wildman–Crippen LogP) is 1.12. The van der Waals surface area contributed by atoms with Gasteiger partial charge in [-0.3, -0.25) is 9.78 Å². The van der Waals surface area contributed by atoms with Crippen LogP contribution in [-0.2, 0) is 0 Å². The van der Waals surface area contributed by atoms with Crippen LogP contribution in [-0.4, -0.2) is 38.9 Å². The minimum Gasteiger partial charge on any atom is -0.357 e. The molecule has 1 amide bonds. The van der Waals surface area contributed by atoms with Crippen LogP contribution in [0.25, 0.3) is 0 Å². The van der Waals surface area contributed by atoms with Gasteiger partial charge in [0.05, 0.1) is 6.20 Å². The number of amides is 1. The smallest absolute Gasteiger partial charge is 0.275 e. The second-order valence-corrected chi connectivity index (χ2v) is 4.50. The second kappa shape index (κ2) is 5.60. The Morgan fingerprint density at radius 3 is 2.75 bits per heavy atom. The number of carbonyl (C=O) groups excluding carboxylic acids is 1. The minimum absolute atomic E-state index is 0.312. The largest absolute Gasteiger partial charge is 0.357 e. The van der Waals surface area contributed by atoms with Gasteiger partial charge in [0, 0.05) is 31.5 Å². The van der Waals surface area contributed by atoms with E-state index in [-0.39, 0.29) is 5.91 Å². The Labute approximate surface area is 116 Å². The summed E-state index contributed by atoms with van der Waals surface area (Å²) in [5, 5.41) is 2.65. The van der Waals surface area contributed by atoms with Crippen LogP contribution in [0.5, 0.6) is 0 Å². The third-order valence-electron chi connectivity index (χ3n) is 3.12. The van der Waals surface area contributed by atoms with Crippen molar-refractivity contribution in [1.29, 1.82) is 0 Å². The Kier molecular flexibility index (Phi) is 3.49. The van der Waals surface area contributed by atoms with Crippen LogP contribution in [0.1, 0.15) is 23.3 Å². The number of nitrogens with one attached hydrogen (secondary N) is 1. The standard InChI is InChI=1S/C13H14N6O/c20-13(18-11-8-14-3-4-15-11)10-7-12(17-9-16-10)19-5-1-2-6-19/h3-4,7-9H,1-2,5-6H2,(H,15,18,20). The first kappa shape index (κ1) is 12.5. The van der Waals surface area contributed by atoms with Crippen LogP contribution in [0.2, 0.25) is 0 Å². The van der Waals surface area contributed by atoms with E-state index in [9.17, 15) is 4.79 Å². The molecule has 0 spiro atoms. The lowest BCUT2D eigenvalue weighted by Gasteiger charge is -2.16. The summed E-state index contributed by atoms with van der Waals surface area (Å²) in [6, 6.07) is 1.71. The zero-order valence-electron chi connectivity index (χ0n) is 10.9. The lowest BCUT2D eigenvalue weighted by Crippen LogP contribution is -2.21. The Morgan fingerprint density at radius 2 is 2.00 bits per heavy atom. The van der Waals surface area contributed by atoms with E-state index >= 15 is 0 Å². The molecule has 1 N–H and O–H groups in total. The highest BCUT2D eigenvalue weighted by Crippen LogP contribution is 2.17. The van der Waals surface area contributed by atoms with Crippen molar-refractivity contribution in [3.05, 3.63) is 36.7 Å². The molecule has 0 radical (unpaired) electrons. The van der Waals surface area contributed by atoms with Gasteiger partial charge in [-0.25, -0.2) is 15.0 Å². The lowest BCUT2D eigenvalue weighted by atomic mass is 10.3. The summed E-state index contributed by atoms with van der Waals surface area (Å²) in [5.74, 6) is 0.883. The fourth-order valence-electron chi connectivity index (χ4n) is 2.13. The van der Waals surface area contributed by atoms with E-state index in [0.29, 0.717) is 11.5 Å². The molecule has 0 saturated carbocycles. The van der Waals surface area contributed by atoms with Crippen molar-refractivity contribution >= 4 is 17.5 Å². The van der Waals surface area contributed by atoms with Crippen molar-refractivity contribution < 1.29 is 4.79 Å². The molecule has 2 aromatic rings. The van der Waals surface area contributed by atoms with Gasteiger partial charge in [0.2, 0.25) is 0 Å². The van der Waals surface area contributed by atoms with Crippen molar-refractivity contribution in [2.24, 2.45) is 0 Å². The van der Waals surface area contributed by atoms with E-state index in [4.69, 9.17) is 0 Å². The molecular weight excluding hydrogens is 256 g/mol. The van der Waals surface area contributed by atoms with Crippen LogP contribution < -0.4 is 10.2 Å². The van der Waals surface area contributed by atoms with E-state index in [0.717, 1.165) is 31.7 Å². The Bertz CT molecular complexity index is 597. The maximum Gasteiger partial charge on any atom is 0.275 e. The van der Waals surface area contributed by atoms with Gasteiger partial charge >= 0.3 is 0 Å². The molecule has 0 atom stereocenters. The van der Waals surface area contributed by atoms with Crippen LogP contribution in [0.3, 0.4) is 0 Å². The molecule has 3 heterocycles. The van der Waals surface area contributed by atoms with Gasteiger partial charge in [-0.15, -0.1) is 0 Å². The van der Waals surface area contributed by atoms with Gasteiger partial charge in [-0.2, -0.15) is 0 Å². The highest BCUT2D eigenvalue weighted by Gasteiger charge is 2.16. The molecule has 102 valence electrons. The number of aromatic nitrogens is 4. The molecule has 1 aliphatic rings. The van der Waals surface area contributed by atoms with Crippen LogP contribution >= 0.6 is 0 Å². The molecule has 0 aromatic carbocycles. The summed E-state index contributed by atoms with van der Waals surface area (Å²) in [4.78, 5) is 30.4. The van der Waals surface area contributed by atoms with Crippen molar-refractivity contribution in [3.8, 4) is 0 Å². The van der Waals surface area contributed by atoms with E-state index in [1.54, 1.807) is 12.3 Å². The van der Waals surface area contributed by atoms with E-state index in [1.165, 1.54) is 18.7 Å². The van der Waals surface area contributed by atoms with Gasteiger partial charge in [-0.05, 0) is 12.8 Å². The molecule has 0 aliphatic carbocycles. The third-order valence-corrected chi connectivity index (χ3v) is 3.12. The second-order valence-electron chi connectivity index (χ2n) is 4.50. The zero-order chi connectivity index (χ0) is 13.8.